The molecule has 32 heavy (non-hydrogen) atoms. The van der Waals surface area contributed by atoms with Crippen molar-refractivity contribution >= 4 is 39.6 Å². The van der Waals surface area contributed by atoms with Gasteiger partial charge in [0, 0.05) is 31.5 Å². The van der Waals surface area contributed by atoms with Crippen molar-refractivity contribution in [3.8, 4) is 5.75 Å². The van der Waals surface area contributed by atoms with Crippen LogP contribution in [0.2, 0.25) is 0 Å². The first kappa shape index (κ1) is 21.9. The van der Waals surface area contributed by atoms with E-state index in [4.69, 9.17) is 0 Å². The molecule has 1 aromatic carbocycles. The Hall–Kier alpha value is -3.27. The Morgan fingerprint density at radius 2 is 1.88 bits per heavy atom. The van der Waals surface area contributed by atoms with Gasteiger partial charge in [0.05, 0.1) is 23.8 Å². The first-order chi connectivity index (χ1) is 15.2. The van der Waals surface area contributed by atoms with E-state index < -0.39 is 5.92 Å². The first-order valence-electron chi connectivity index (χ1n) is 10.1. The van der Waals surface area contributed by atoms with Gasteiger partial charge >= 0.3 is 0 Å². The number of alkyl halides is 2. The molecule has 3 N–H and O–H groups in total. The van der Waals surface area contributed by atoms with E-state index >= 15 is 0 Å². The van der Waals surface area contributed by atoms with Gasteiger partial charge in [0.2, 0.25) is 0 Å². The normalized spacial score (nSPS) is 15.4. The fourth-order valence-corrected chi connectivity index (χ4v) is 4.21. The number of nitrogens with zero attached hydrogens (tertiary/aromatic N) is 3. The van der Waals surface area contributed by atoms with Crippen LogP contribution in [0.15, 0.2) is 36.7 Å². The number of thiazole rings is 1. The number of hydrogen-bond donors (Lipinski definition) is 3. The van der Waals surface area contributed by atoms with Gasteiger partial charge in [-0.1, -0.05) is 17.4 Å². The van der Waals surface area contributed by atoms with Gasteiger partial charge in [-0.05, 0) is 37.6 Å². The van der Waals surface area contributed by atoms with Gasteiger partial charge in [0.15, 0.2) is 5.13 Å². The Morgan fingerprint density at radius 3 is 2.56 bits per heavy atom. The number of aromatic hydroxyl groups is 1. The van der Waals surface area contributed by atoms with Gasteiger partial charge in [-0.15, -0.1) is 0 Å². The summed E-state index contributed by atoms with van der Waals surface area (Å²) in [5.41, 5.74) is 2.81. The number of amides is 1. The third-order valence-electron chi connectivity index (χ3n) is 5.46. The highest BCUT2D eigenvalue weighted by molar-refractivity contribution is 7.17. The van der Waals surface area contributed by atoms with Crippen LogP contribution in [0.1, 0.15) is 33.6 Å². The number of carbonyl (C=O) groups is 1. The molecule has 0 unspecified atom stereocenters. The predicted octanol–water partition coefficient (Wildman–Crippen LogP) is 5.09. The molecule has 1 amide bonds. The van der Waals surface area contributed by atoms with Crippen LogP contribution in [0.4, 0.5) is 31.1 Å². The van der Waals surface area contributed by atoms with Crippen LogP contribution < -0.4 is 15.5 Å². The van der Waals surface area contributed by atoms with Crippen LogP contribution in [0.25, 0.3) is 0 Å². The number of aromatic nitrogens is 2. The van der Waals surface area contributed by atoms with E-state index in [-0.39, 0.29) is 24.5 Å². The number of nitrogens with one attached hydrogen (secondary N) is 2. The molecule has 10 heteroatoms. The zero-order valence-corrected chi connectivity index (χ0v) is 18.5. The maximum absolute atomic E-state index is 13.3. The molecular formula is C22H23F2N5O2S. The molecule has 4 rings (SSSR count). The average molecular weight is 460 g/mol. The third-order valence-corrected chi connectivity index (χ3v) is 6.37. The van der Waals surface area contributed by atoms with Gasteiger partial charge in [0.25, 0.3) is 11.8 Å². The number of aryl methyl sites for hydroxylation is 1. The number of phenolic OH excluding ortho intramolecular Hbond substituents is 1. The van der Waals surface area contributed by atoms with E-state index in [1.54, 1.807) is 31.3 Å². The van der Waals surface area contributed by atoms with Crippen LogP contribution in [0, 0.1) is 13.8 Å². The second-order valence-corrected chi connectivity index (χ2v) is 8.79. The Kier molecular flexibility index (Phi) is 5.96. The van der Waals surface area contributed by atoms with Crippen molar-refractivity contribution in [2.24, 2.45) is 0 Å². The van der Waals surface area contributed by atoms with Gasteiger partial charge in [-0.2, -0.15) is 0 Å². The van der Waals surface area contributed by atoms with Crippen molar-refractivity contribution in [2.45, 2.75) is 32.6 Å². The van der Waals surface area contributed by atoms with Gasteiger partial charge in [-0.25, -0.2) is 18.7 Å². The lowest BCUT2D eigenvalue weighted by Crippen LogP contribution is -2.39. The van der Waals surface area contributed by atoms with E-state index in [1.165, 1.54) is 17.5 Å². The molecule has 0 aliphatic carbocycles. The Balaban J connectivity index is 1.39. The van der Waals surface area contributed by atoms with E-state index in [0.717, 1.165) is 11.3 Å². The van der Waals surface area contributed by atoms with Crippen molar-refractivity contribution in [3.05, 3.63) is 52.7 Å². The number of phenols is 1. The highest BCUT2D eigenvalue weighted by atomic mass is 32.1. The summed E-state index contributed by atoms with van der Waals surface area (Å²) in [6, 6.07) is 6.91. The molecule has 1 aliphatic rings. The monoisotopic (exact) mass is 459 g/mol. The maximum Gasteiger partial charge on any atom is 0.267 e. The molecule has 0 spiro atoms. The number of benzene rings is 1. The molecule has 1 saturated heterocycles. The van der Waals surface area contributed by atoms with Crippen LogP contribution >= 0.6 is 11.3 Å². The summed E-state index contributed by atoms with van der Waals surface area (Å²) in [5, 5.41) is 16.3. The molecule has 3 heterocycles. The minimum atomic E-state index is -2.58. The van der Waals surface area contributed by atoms with E-state index in [2.05, 4.69) is 20.6 Å². The molecule has 0 bridgehead atoms. The number of anilines is 4. The minimum absolute atomic E-state index is 0.116. The van der Waals surface area contributed by atoms with Gasteiger partial charge < -0.3 is 20.6 Å². The second-order valence-electron chi connectivity index (χ2n) is 7.76. The molecule has 168 valence electrons. The lowest BCUT2D eigenvalue weighted by atomic mass is 10.1. The summed E-state index contributed by atoms with van der Waals surface area (Å²) >= 11 is 1.17. The highest BCUT2D eigenvalue weighted by Crippen LogP contribution is 2.31. The number of hydrogen-bond acceptors (Lipinski definition) is 7. The largest absolute Gasteiger partial charge is 0.508 e. The van der Waals surface area contributed by atoms with Crippen molar-refractivity contribution in [1.82, 2.24) is 9.97 Å². The van der Waals surface area contributed by atoms with Crippen LogP contribution in [0.3, 0.4) is 0 Å². The van der Waals surface area contributed by atoms with Crippen LogP contribution in [-0.4, -0.2) is 40.0 Å². The molecular weight excluding hydrogens is 436 g/mol. The standard InChI is InChI=1S/C22H23F2N5O2S/c1-13-3-5-16(30)14(2)19(13)28-20(31)17-12-26-21(32-17)27-18-6-4-15(11-25-18)29-9-7-22(23,24)8-10-29/h3-6,11-12,30H,7-10H2,1-2H3,(H,28,31)(H,25,26,27). The van der Waals surface area contributed by atoms with Crippen molar-refractivity contribution in [1.29, 1.82) is 0 Å². The zero-order chi connectivity index (χ0) is 22.9. The summed E-state index contributed by atoms with van der Waals surface area (Å²) in [4.78, 5) is 23.5. The number of carbonyl (C=O) groups excluding carboxylic acids is 1. The quantitative estimate of drug-likeness (QED) is 0.492. The van der Waals surface area contributed by atoms with Crippen LogP contribution in [-0.2, 0) is 0 Å². The molecule has 1 fully saturated rings. The Bertz CT molecular complexity index is 1120. The Labute approximate surface area is 188 Å². The number of rotatable bonds is 5. The first-order valence-corrected chi connectivity index (χ1v) is 11.0. The second kappa shape index (κ2) is 8.70. The van der Waals surface area contributed by atoms with Crippen LogP contribution in [0.5, 0.6) is 5.75 Å². The van der Waals surface area contributed by atoms with Crippen molar-refractivity contribution in [3.63, 3.8) is 0 Å². The average Bonchev–Trinajstić information content (AvgIpc) is 3.23. The van der Waals surface area contributed by atoms with E-state index in [1.807, 2.05) is 17.9 Å². The summed E-state index contributed by atoms with van der Waals surface area (Å²) in [6.07, 6.45) is 2.80. The molecule has 2 aromatic heterocycles. The summed E-state index contributed by atoms with van der Waals surface area (Å²) < 4.78 is 26.7. The lowest BCUT2D eigenvalue weighted by Gasteiger charge is -2.33. The fraction of sp³-hybridized carbons (Fsp3) is 0.318. The highest BCUT2D eigenvalue weighted by Gasteiger charge is 2.34. The summed E-state index contributed by atoms with van der Waals surface area (Å²) in [6.45, 7) is 4.18. The molecule has 3 aromatic rings. The smallest absolute Gasteiger partial charge is 0.267 e. The number of pyridine rings is 1. The van der Waals surface area contributed by atoms with E-state index in [0.29, 0.717) is 40.2 Å². The van der Waals surface area contributed by atoms with Gasteiger partial charge in [0.1, 0.15) is 16.4 Å². The fourth-order valence-electron chi connectivity index (χ4n) is 3.49. The topological polar surface area (TPSA) is 90.4 Å². The van der Waals surface area contributed by atoms with Crippen molar-refractivity contribution < 1.29 is 18.7 Å². The number of halogens is 2. The number of piperidine rings is 1. The summed E-state index contributed by atoms with van der Waals surface area (Å²) in [5.74, 6) is -2.25. The molecule has 0 atom stereocenters. The third kappa shape index (κ3) is 4.80. The SMILES string of the molecule is Cc1ccc(O)c(C)c1NC(=O)c1cnc(Nc2ccc(N3CCC(F)(F)CC3)cn2)s1. The van der Waals surface area contributed by atoms with Crippen molar-refractivity contribution in [2.75, 3.05) is 28.6 Å². The summed E-state index contributed by atoms with van der Waals surface area (Å²) in [7, 11) is 0. The zero-order valence-electron chi connectivity index (χ0n) is 17.7. The molecule has 0 saturated carbocycles. The predicted molar refractivity (Wildman–Crippen MR) is 122 cm³/mol. The Morgan fingerprint density at radius 1 is 1.12 bits per heavy atom. The molecule has 0 radical (unpaired) electrons. The van der Waals surface area contributed by atoms with Gasteiger partial charge in [-0.3, -0.25) is 4.79 Å². The van der Waals surface area contributed by atoms with E-state index in [9.17, 15) is 18.7 Å². The minimum Gasteiger partial charge on any atom is -0.508 e. The molecule has 1 aliphatic heterocycles. The maximum atomic E-state index is 13.3. The lowest BCUT2D eigenvalue weighted by molar-refractivity contribution is -0.0220. The molecule has 7 nitrogen and oxygen atoms in total.